The van der Waals surface area contributed by atoms with E-state index >= 15 is 0 Å². The molecule has 128 valence electrons. The number of nitrogens with zero attached hydrogens (tertiary/aromatic N) is 2. The van der Waals surface area contributed by atoms with Crippen LogP contribution in [0.2, 0.25) is 0 Å². The minimum absolute atomic E-state index is 0.112. The number of nitrogens with one attached hydrogen (secondary N) is 1. The number of phenols is 1. The summed E-state index contributed by atoms with van der Waals surface area (Å²) in [5, 5.41) is 12.9. The fourth-order valence-corrected chi connectivity index (χ4v) is 2.54. The summed E-state index contributed by atoms with van der Waals surface area (Å²) in [4.78, 5) is 16.4. The first kappa shape index (κ1) is 16.6. The van der Waals surface area contributed by atoms with Crippen molar-refractivity contribution in [3.05, 3.63) is 72.3 Å². The van der Waals surface area contributed by atoms with Gasteiger partial charge >= 0.3 is 0 Å². The number of benzene rings is 2. The first-order valence-electron chi connectivity index (χ1n) is 7.84. The molecule has 2 aromatic carbocycles. The molecule has 6 heteroatoms. The number of rotatable bonds is 5. The molecule has 2 N–H and O–H groups in total. The van der Waals surface area contributed by atoms with E-state index in [4.69, 9.17) is 4.74 Å². The molecule has 3 rings (SSSR count). The normalized spacial score (nSPS) is 11.8. The summed E-state index contributed by atoms with van der Waals surface area (Å²) in [6, 6.07) is 12.2. The second kappa shape index (κ2) is 7.09. The van der Waals surface area contributed by atoms with Gasteiger partial charge in [-0.3, -0.25) is 4.79 Å². The molecule has 1 heterocycles. The highest BCUT2D eigenvalue weighted by atomic mass is 16.5. The quantitative estimate of drug-likeness (QED) is 0.750. The van der Waals surface area contributed by atoms with Crippen LogP contribution < -0.4 is 10.1 Å². The maximum atomic E-state index is 12.4. The first-order valence-corrected chi connectivity index (χ1v) is 7.84. The van der Waals surface area contributed by atoms with E-state index in [0.717, 1.165) is 11.3 Å². The van der Waals surface area contributed by atoms with Gasteiger partial charge in [0.1, 0.15) is 11.5 Å². The molecule has 0 bridgehead atoms. The molecular formula is C19H19N3O3. The summed E-state index contributed by atoms with van der Waals surface area (Å²) in [7, 11) is 1.50. The van der Waals surface area contributed by atoms with Crippen molar-refractivity contribution in [2.45, 2.75) is 13.0 Å². The number of hydrogen-bond donors (Lipinski definition) is 2. The molecule has 0 aliphatic heterocycles. The van der Waals surface area contributed by atoms with Gasteiger partial charge in [0, 0.05) is 24.1 Å². The lowest BCUT2D eigenvalue weighted by atomic mass is 10.1. The Morgan fingerprint density at radius 2 is 2.00 bits per heavy atom. The molecule has 1 atom stereocenters. The van der Waals surface area contributed by atoms with Crippen molar-refractivity contribution in [1.82, 2.24) is 14.9 Å². The molecule has 6 nitrogen and oxygen atoms in total. The molecular weight excluding hydrogens is 318 g/mol. The second-order valence-corrected chi connectivity index (χ2v) is 5.64. The average Bonchev–Trinajstić information content (AvgIpc) is 3.16. The van der Waals surface area contributed by atoms with E-state index in [1.165, 1.54) is 13.2 Å². The van der Waals surface area contributed by atoms with Gasteiger partial charge in [-0.2, -0.15) is 0 Å². The average molecular weight is 337 g/mol. The van der Waals surface area contributed by atoms with Crippen molar-refractivity contribution >= 4 is 5.91 Å². The third-order valence-electron chi connectivity index (χ3n) is 3.99. The van der Waals surface area contributed by atoms with Crippen molar-refractivity contribution < 1.29 is 14.6 Å². The maximum Gasteiger partial charge on any atom is 0.255 e. The van der Waals surface area contributed by atoms with Crippen LogP contribution in [0.5, 0.6) is 11.5 Å². The largest absolute Gasteiger partial charge is 0.507 e. The molecule has 0 aliphatic rings. The van der Waals surface area contributed by atoms with E-state index in [2.05, 4.69) is 10.3 Å². The lowest BCUT2D eigenvalue weighted by Crippen LogP contribution is -2.26. The van der Waals surface area contributed by atoms with Gasteiger partial charge < -0.3 is 19.7 Å². The molecule has 0 saturated carbocycles. The Labute approximate surface area is 145 Å². The highest BCUT2D eigenvalue weighted by Crippen LogP contribution is 2.24. The number of ether oxygens (including phenoxy) is 1. The zero-order valence-electron chi connectivity index (χ0n) is 14.0. The molecule has 0 spiro atoms. The van der Waals surface area contributed by atoms with Crippen molar-refractivity contribution in [3.8, 4) is 17.2 Å². The standard InChI is InChI=1S/C19H19N3O3/c1-13(14-3-5-15(6-4-14)22-10-9-20-12-22)21-19(24)17-8-7-16(25-2)11-18(17)23/h3-13,23H,1-2H3,(H,21,24). The first-order chi connectivity index (χ1) is 12.1. The number of aromatic hydroxyl groups is 1. The van der Waals surface area contributed by atoms with Crippen molar-refractivity contribution in [1.29, 1.82) is 0 Å². The summed E-state index contributed by atoms with van der Waals surface area (Å²) in [6.07, 6.45) is 5.32. The van der Waals surface area contributed by atoms with E-state index in [0.29, 0.717) is 5.75 Å². The highest BCUT2D eigenvalue weighted by molar-refractivity contribution is 5.97. The number of hydrogen-bond acceptors (Lipinski definition) is 4. The van der Waals surface area contributed by atoms with Crippen LogP contribution in [0.4, 0.5) is 0 Å². The Morgan fingerprint density at radius 1 is 1.24 bits per heavy atom. The molecule has 0 radical (unpaired) electrons. The topological polar surface area (TPSA) is 76.4 Å². The minimum Gasteiger partial charge on any atom is -0.507 e. The second-order valence-electron chi connectivity index (χ2n) is 5.64. The number of aromatic nitrogens is 2. The van der Waals surface area contributed by atoms with Gasteiger partial charge in [0.25, 0.3) is 5.91 Å². The smallest absolute Gasteiger partial charge is 0.255 e. The molecule has 0 saturated heterocycles. The van der Waals surface area contributed by atoms with E-state index in [1.807, 2.05) is 42.0 Å². The van der Waals surface area contributed by atoms with Crippen LogP contribution in [0.25, 0.3) is 5.69 Å². The third-order valence-corrected chi connectivity index (χ3v) is 3.99. The van der Waals surface area contributed by atoms with E-state index in [1.54, 1.807) is 24.7 Å². The number of carbonyl (C=O) groups is 1. The molecule has 1 aromatic heterocycles. The van der Waals surface area contributed by atoms with Crippen LogP contribution in [0.15, 0.2) is 61.2 Å². The molecule has 1 unspecified atom stereocenters. The molecule has 0 aliphatic carbocycles. The number of imidazole rings is 1. The Morgan fingerprint density at radius 3 is 2.60 bits per heavy atom. The fraction of sp³-hybridized carbons (Fsp3) is 0.158. The monoisotopic (exact) mass is 337 g/mol. The van der Waals surface area contributed by atoms with Crippen LogP contribution >= 0.6 is 0 Å². The Hall–Kier alpha value is -3.28. The van der Waals surface area contributed by atoms with Crippen LogP contribution in [0.1, 0.15) is 28.9 Å². The van der Waals surface area contributed by atoms with Gasteiger partial charge in [-0.05, 0) is 36.8 Å². The number of methoxy groups -OCH3 is 1. The summed E-state index contributed by atoms with van der Waals surface area (Å²) in [6.45, 7) is 1.89. The maximum absolute atomic E-state index is 12.4. The molecule has 25 heavy (non-hydrogen) atoms. The van der Waals surface area contributed by atoms with Gasteiger partial charge in [-0.15, -0.1) is 0 Å². The van der Waals surface area contributed by atoms with Crippen molar-refractivity contribution in [3.63, 3.8) is 0 Å². The lowest BCUT2D eigenvalue weighted by molar-refractivity contribution is 0.0937. The summed E-state index contributed by atoms with van der Waals surface area (Å²) in [5.41, 5.74) is 2.17. The Bertz CT molecular complexity index is 858. The fourth-order valence-electron chi connectivity index (χ4n) is 2.54. The zero-order chi connectivity index (χ0) is 17.8. The van der Waals surface area contributed by atoms with E-state index in [9.17, 15) is 9.90 Å². The summed E-state index contributed by atoms with van der Waals surface area (Å²) in [5.74, 6) is 0.0445. The number of carbonyl (C=O) groups excluding carboxylic acids is 1. The van der Waals surface area contributed by atoms with Crippen LogP contribution in [-0.4, -0.2) is 27.7 Å². The highest BCUT2D eigenvalue weighted by Gasteiger charge is 2.15. The third kappa shape index (κ3) is 3.63. The number of phenolic OH excluding ortho intramolecular Hbond substituents is 1. The zero-order valence-corrected chi connectivity index (χ0v) is 14.0. The SMILES string of the molecule is COc1ccc(C(=O)NC(C)c2ccc(-n3ccnc3)cc2)c(O)c1. The van der Waals surface area contributed by atoms with Crippen LogP contribution in [0, 0.1) is 0 Å². The predicted molar refractivity (Wildman–Crippen MR) is 94.1 cm³/mol. The molecule has 3 aromatic rings. The predicted octanol–water partition coefficient (Wildman–Crippen LogP) is 3.08. The lowest BCUT2D eigenvalue weighted by Gasteiger charge is -2.16. The van der Waals surface area contributed by atoms with Crippen LogP contribution in [-0.2, 0) is 0 Å². The van der Waals surface area contributed by atoms with Crippen molar-refractivity contribution in [2.75, 3.05) is 7.11 Å². The van der Waals surface area contributed by atoms with Gasteiger partial charge in [-0.1, -0.05) is 12.1 Å². The van der Waals surface area contributed by atoms with E-state index in [-0.39, 0.29) is 23.3 Å². The molecule has 0 fully saturated rings. The molecule has 1 amide bonds. The van der Waals surface area contributed by atoms with E-state index < -0.39 is 0 Å². The van der Waals surface area contributed by atoms with Gasteiger partial charge in [0.15, 0.2) is 0 Å². The Kier molecular flexibility index (Phi) is 4.70. The van der Waals surface area contributed by atoms with Gasteiger partial charge in [0.05, 0.1) is 25.0 Å². The summed E-state index contributed by atoms with van der Waals surface area (Å²) >= 11 is 0. The number of amides is 1. The van der Waals surface area contributed by atoms with Gasteiger partial charge in [-0.25, -0.2) is 4.98 Å². The Balaban J connectivity index is 1.71. The van der Waals surface area contributed by atoms with Gasteiger partial charge in [0.2, 0.25) is 0 Å². The summed E-state index contributed by atoms with van der Waals surface area (Å²) < 4.78 is 6.93. The van der Waals surface area contributed by atoms with Crippen LogP contribution in [0.3, 0.4) is 0 Å². The minimum atomic E-state index is -0.341. The van der Waals surface area contributed by atoms with Crippen molar-refractivity contribution in [2.24, 2.45) is 0 Å².